The minimum absolute atomic E-state index is 0.00216. The molecule has 0 aliphatic heterocycles. The van der Waals surface area contributed by atoms with E-state index < -0.39 is 0 Å². The summed E-state index contributed by atoms with van der Waals surface area (Å²) in [6, 6.07) is 6.11. The molecule has 1 aliphatic rings. The van der Waals surface area contributed by atoms with Gasteiger partial charge in [0.1, 0.15) is 4.83 Å². The van der Waals surface area contributed by atoms with Crippen molar-refractivity contribution in [2.45, 2.75) is 44.7 Å². The highest BCUT2D eigenvalue weighted by atomic mass is 32.2. The van der Waals surface area contributed by atoms with Gasteiger partial charge in [0.25, 0.3) is 5.56 Å². The molecule has 0 radical (unpaired) electrons. The average Bonchev–Trinajstić information content (AvgIpc) is 3.06. The molecule has 5 nitrogen and oxygen atoms in total. The summed E-state index contributed by atoms with van der Waals surface area (Å²) in [6.07, 6.45) is 4.27. The number of thioether (sulfide) groups is 1. The van der Waals surface area contributed by atoms with Crippen LogP contribution in [0.15, 0.2) is 28.2 Å². The topological polar surface area (TPSA) is 55.2 Å². The second-order valence-corrected chi connectivity index (χ2v) is 9.82. The van der Waals surface area contributed by atoms with Gasteiger partial charge in [-0.25, -0.2) is 4.98 Å². The molecule has 0 spiro atoms. The molecule has 0 N–H and O–H groups in total. The largest absolute Gasteiger partial charge is 0.348 e. The molecule has 2 aromatic heterocycles. The molecule has 29 heavy (non-hydrogen) atoms. The van der Waals surface area contributed by atoms with Crippen LogP contribution in [0.1, 0.15) is 34.4 Å². The number of thiophene rings is 1. The van der Waals surface area contributed by atoms with Gasteiger partial charge in [0, 0.05) is 19.0 Å². The number of amides is 1. The Morgan fingerprint density at radius 2 is 2.00 bits per heavy atom. The number of benzene rings is 1. The highest BCUT2D eigenvalue weighted by Gasteiger charge is 2.24. The van der Waals surface area contributed by atoms with Crippen LogP contribution in [-0.4, -0.2) is 40.2 Å². The molecule has 1 aromatic carbocycles. The summed E-state index contributed by atoms with van der Waals surface area (Å²) in [7, 11) is 3.48. The normalized spacial score (nSPS) is 13.5. The lowest BCUT2D eigenvalue weighted by molar-refractivity contribution is -0.125. The molecule has 3 aromatic rings. The Morgan fingerprint density at radius 1 is 1.24 bits per heavy atom. The SMILES string of the molecule is Cc1ccc(C)c(-n2c(SCC(=O)N(C)C)nc3sc4c(c3c2=O)CCCC4)c1. The first-order valence-electron chi connectivity index (χ1n) is 9.84. The van der Waals surface area contributed by atoms with Gasteiger partial charge in [-0.05, 0) is 62.3 Å². The quantitative estimate of drug-likeness (QED) is 0.464. The second-order valence-electron chi connectivity index (χ2n) is 7.79. The van der Waals surface area contributed by atoms with Crippen LogP contribution in [0.25, 0.3) is 15.9 Å². The number of aryl methyl sites for hydroxylation is 4. The number of hydrogen-bond acceptors (Lipinski definition) is 5. The summed E-state index contributed by atoms with van der Waals surface area (Å²) in [5, 5.41) is 1.36. The molecule has 0 atom stereocenters. The fraction of sp³-hybridized carbons (Fsp3) is 0.409. The van der Waals surface area contributed by atoms with Crippen LogP contribution < -0.4 is 5.56 Å². The molecule has 1 amide bonds. The number of nitrogens with zero attached hydrogens (tertiary/aromatic N) is 3. The predicted molar refractivity (Wildman–Crippen MR) is 121 cm³/mol. The molecular formula is C22H25N3O2S2. The van der Waals surface area contributed by atoms with E-state index in [1.807, 2.05) is 32.0 Å². The van der Waals surface area contributed by atoms with Crippen molar-refractivity contribution in [1.82, 2.24) is 14.5 Å². The van der Waals surface area contributed by atoms with Gasteiger partial charge in [-0.15, -0.1) is 11.3 Å². The molecule has 4 rings (SSSR count). The first kappa shape index (κ1) is 20.2. The van der Waals surface area contributed by atoms with Crippen LogP contribution in [0.5, 0.6) is 0 Å². The summed E-state index contributed by atoms with van der Waals surface area (Å²) in [6.45, 7) is 4.03. The van der Waals surface area contributed by atoms with E-state index in [1.165, 1.54) is 28.6 Å². The third-order valence-electron chi connectivity index (χ3n) is 5.39. The fourth-order valence-electron chi connectivity index (χ4n) is 3.71. The van der Waals surface area contributed by atoms with Gasteiger partial charge in [-0.1, -0.05) is 23.9 Å². The fourth-order valence-corrected chi connectivity index (χ4v) is 6.00. The van der Waals surface area contributed by atoms with Crippen molar-refractivity contribution in [3.05, 3.63) is 50.1 Å². The lowest BCUT2D eigenvalue weighted by Crippen LogP contribution is -2.26. The number of rotatable bonds is 4. The zero-order valence-electron chi connectivity index (χ0n) is 17.2. The Hall–Kier alpha value is -2.12. The van der Waals surface area contributed by atoms with E-state index in [1.54, 1.807) is 34.9 Å². The number of carbonyl (C=O) groups excluding carboxylic acids is 1. The van der Waals surface area contributed by atoms with Crippen molar-refractivity contribution in [2.75, 3.05) is 19.8 Å². The van der Waals surface area contributed by atoms with E-state index in [0.717, 1.165) is 46.3 Å². The van der Waals surface area contributed by atoms with Crippen molar-refractivity contribution < 1.29 is 4.79 Å². The average molecular weight is 428 g/mol. The van der Waals surface area contributed by atoms with Gasteiger partial charge < -0.3 is 4.90 Å². The number of fused-ring (bicyclic) bond motifs is 3. The molecule has 2 heterocycles. The van der Waals surface area contributed by atoms with Crippen LogP contribution in [0.3, 0.4) is 0 Å². The van der Waals surface area contributed by atoms with Crippen LogP contribution in [0, 0.1) is 13.8 Å². The Morgan fingerprint density at radius 3 is 2.76 bits per heavy atom. The van der Waals surface area contributed by atoms with E-state index in [4.69, 9.17) is 4.98 Å². The first-order valence-corrected chi connectivity index (χ1v) is 11.6. The van der Waals surface area contributed by atoms with E-state index in [2.05, 4.69) is 0 Å². The van der Waals surface area contributed by atoms with Crippen LogP contribution >= 0.6 is 23.1 Å². The summed E-state index contributed by atoms with van der Waals surface area (Å²) in [5.74, 6) is 0.253. The zero-order chi connectivity index (χ0) is 20.7. The van der Waals surface area contributed by atoms with Gasteiger partial charge >= 0.3 is 0 Å². The van der Waals surface area contributed by atoms with Gasteiger partial charge in [0.15, 0.2) is 5.16 Å². The summed E-state index contributed by atoms with van der Waals surface area (Å²) < 4.78 is 1.72. The number of carbonyl (C=O) groups is 1. The molecule has 0 bridgehead atoms. The summed E-state index contributed by atoms with van der Waals surface area (Å²) in [5.41, 5.74) is 4.13. The van der Waals surface area contributed by atoms with Gasteiger partial charge in [0.05, 0.1) is 16.8 Å². The zero-order valence-corrected chi connectivity index (χ0v) is 18.9. The Kier molecular flexibility index (Phi) is 5.53. The Labute approximate surface area is 178 Å². The standard InChI is InChI=1S/C22H25N3O2S2/c1-13-9-10-14(2)16(11-13)25-21(27)19-15-7-5-6-8-17(15)29-20(19)23-22(25)28-12-18(26)24(3)4/h9-11H,5-8,12H2,1-4H3. The monoisotopic (exact) mass is 427 g/mol. The lowest BCUT2D eigenvalue weighted by atomic mass is 9.97. The predicted octanol–water partition coefficient (Wildman–Crippen LogP) is 4.12. The van der Waals surface area contributed by atoms with Gasteiger partial charge in [0.2, 0.25) is 5.91 Å². The Balaban J connectivity index is 1.95. The second kappa shape index (κ2) is 7.95. The molecule has 0 unspecified atom stereocenters. The highest BCUT2D eigenvalue weighted by Crippen LogP contribution is 2.35. The van der Waals surface area contributed by atoms with Crippen molar-refractivity contribution in [2.24, 2.45) is 0 Å². The summed E-state index contributed by atoms with van der Waals surface area (Å²) >= 11 is 2.98. The van der Waals surface area contributed by atoms with Crippen LogP contribution in [0.4, 0.5) is 0 Å². The van der Waals surface area contributed by atoms with Gasteiger partial charge in [-0.2, -0.15) is 0 Å². The van der Waals surface area contributed by atoms with E-state index in [9.17, 15) is 9.59 Å². The van der Waals surface area contributed by atoms with Crippen molar-refractivity contribution in [1.29, 1.82) is 0 Å². The highest BCUT2D eigenvalue weighted by molar-refractivity contribution is 7.99. The van der Waals surface area contributed by atoms with Crippen molar-refractivity contribution in [3.63, 3.8) is 0 Å². The Bertz CT molecular complexity index is 1160. The number of aromatic nitrogens is 2. The maximum atomic E-state index is 13.7. The third-order valence-corrected chi connectivity index (χ3v) is 7.50. The molecule has 0 saturated heterocycles. The first-order chi connectivity index (χ1) is 13.9. The molecule has 152 valence electrons. The summed E-state index contributed by atoms with van der Waals surface area (Å²) in [4.78, 5) is 34.5. The maximum absolute atomic E-state index is 13.7. The molecule has 0 saturated carbocycles. The minimum Gasteiger partial charge on any atom is -0.348 e. The van der Waals surface area contributed by atoms with E-state index >= 15 is 0 Å². The van der Waals surface area contributed by atoms with Crippen molar-refractivity contribution >= 4 is 39.2 Å². The van der Waals surface area contributed by atoms with Crippen LogP contribution in [-0.2, 0) is 17.6 Å². The number of hydrogen-bond donors (Lipinski definition) is 0. The molecule has 7 heteroatoms. The molecular weight excluding hydrogens is 402 g/mol. The lowest BCUT2D eigenvalue weighted by Gasteiger charge is -2.16. The van der Waals surface area contributed by atoms with E-state index in [0.29, 0.717) is 5.16 Å². The minimum atomic E-state index is -0.0112. The molecule has 1 aliphatic carbocycles. The van der Waals surface area contributed by atoms with Crippen molar-refractivity contribution in [3.8, 4) is 5.69 Å². The maximum Gasteiger partial charge on any atom is 0.267 e. The van der Waals surface area contributed by atoms with Crippen LogP contribution in [0.2, 0.25) is 0 Å². The van der Waals surface area contributed by atoms with Gasteiger partial charge in [-0.3, -0.25) is 14.2 Å². The molecule has 0 fully saturated rings. The third kappa shape index (κ3) is 3.73. The van der Waals surface area contributed by atoms with E-state index in [-0.39, 0.29) is 17.2 Å². The smallest absolute Gasteiger partial charge is 0.267 e.